The van der Waals surface area contributed by atoms with E-state index in [1.807, 2.05) is 37.8 Å². The molecule has 0 spiro atoms. The number of hydrogen-bond acceptors (Lipinski definition) is 6. The first-order valence-corrected chi connectivity index (χ1v) is 13.6. The molecule has 1 saturated heterocycles. The van der Waals surface area contributed by atoms with Gasteiger partial charge in [0, 0.05) is 26.1 Å². The number of methoxy groups -OCH3 is 1. The van der Waals surface area contributed by atoms with E-state index in [-0.39, 0.29) is 24.5 Å². The van der Waals surface area contributed by atoms with E-state index in [1.165, 1.54) is 18.1 Å². The summed E-state index contributed by atoms with van der Waals surface area (Å²) in [5.74, 6) is 1.78. The predicted octanol–water partition coefficient (Wildman–Crippen LogP) is 4.63. The van der Waals surface area contributed by atoms with Crippen LogP contribution < -0.4 is 14.8 Å². The molecular formula is C30H36N6O4. The molecule has 40 heavy (non-hydrogen) atoms. The van der Waals surface area contributed by atoms with Crippen LogP contribution in [-0.2, 0) is 6.42 Å². The quantitative estimate of drug-likeness (QED) is 0.430. The lowest BCUT2D eigenvalue weighted by molar-refractivity contribution is 0.0942. The molecule has 10 heteroatoms. The molecule has 1 fully saturated rings. The average Bonchev–Trinajstić information content (AvgIpc) is 3.47. The number of imidazole rings is 1. The number of aliphatic imine (C=N–C) groups is 1. The zero-order valence-electron chi connectivity index (χ0n) is 23.7. The number of aromatic amines is 1. The maximum Gasteiger partial charge on any atom is 0.326 e. The van der Waals surface area contributed by atoms with E-state index in [0.717, 1.165) is 27.9 Å². The summed E-state index contributed by atoms with van der Waals surface area (Å²) < 4.78 is 11.5. The van der Waals surface area contributed by atoms with Gasteiger partial charge in [-0.15, -0.1) is 0 Å². The standard InChI is InChI=1S/C30H36N6O4/c1-6-40-26-13-21-7-9-35-24(22(21)14-25(26)39-5)15-27(34-28-19(3)11-18(2)12-20(28)4)36(30(35)38)10-8-32-29(37)23-16-31-17-33-23/h11-14,16-17,24H,6-10,15H2,1-5H3,(H,31,33)(H,32,37). The fraction of sp³-hybridized carbons (Fsp3) is 0.400. The van der Waals surface area contributed by atoms with E-state index in [2.05, 4.69) is 34.3 Å². The predicted molar refractivity (Wildman–Crippen MR) is 153 cm³/mol. The molecule has 0 aliphatic carbocycles. The first-order chi connectivity index (χ1) is 19.3. The molecule has 0 bridgehead atoms. The summed E-state index contributed by atoms with van der Waals surface area (Å²) in [6.45, 7) is 9.80. The van der Waals surface area contributed by atoms with Crippen LogP contribution in [0.25, 0.3) is 0 Å². The summed E-state index contributed by atoms with van der Waals surface area (Å²) in [5, 5.41) is 2.88. The summed E-state index contributed by atoms with van der Waals surface area (Å²) in [4.78, 5) is 41.9. The van der Waals surface area contributed by atoms with Crippen LogP contribution in [0.3, 0.4) is 0 Å². The number of hydrogen-bond donors (Lipinski definition) is 2. The molecule has 0 saturated carbocycles. The molecule has 1 atom stereocenters. The number of carbonyl (C=O) groups excluding carboxylic acids is 2. The Hall–Kier alpha value is -4.34. The van der Waals surface area contributed by atoms with Crippen LogP contribution >= 0.6 is 0 Å². The summed E-state index contributed by atoms with van der Waals surface area (Å²) in [6.07, 6.45) is 4.19. The number of carbonyl (C=O) groups is 2. The summed E-state index contributed by atoms with van der Waals surface area (Å²) in [6, 6.07) is 7.96. The normalized spacial score (nSPS) is 17.5. The number of benzene rings is 2. The molecule has 10 nitrogen and oxygen atoms in total. The Morgan fingerprint density at radius 1 is 1.18 bits per heavy atom. The highest BCUT2D eigenvalue weighted by Gasteiger charge is 2.41. The lowest BCUT2D eigenvalue weighted by Crippen LogP contribution is -2.56. The van der Waals surface area contributed by atoms with Crippen molar-refractivity contribution in [3.05, 3.63) is 70.3 Å². The Morgan fingerprint density at radius 3 is 2.62 bits per heavy atom. The van der Waals surface area contributed by atoms with E-state index < -0.39 is 0 Å². The van der Waals surface area contributed by atoms with Crippen LogP contribution in [0.4, 0.5) is 10.5 Å². The molecule has 2 aromatic carbocycles. The fourth-order valence-electron chi connectivity index (χ4n) is 5.70. The molecule has 210 valence electrons. The monoisotopic (exact) mass is 544 g/mol. The molecule has 2 N–H and O–H groups in total. The number of amides is 3. The average molecular weight is 545 g/mol. The van der Waals surface area contributed by atoms with Gasteiger partial charge in [-0.25, -0.2) is 14.8 Å². The molecule has 1 aromatic heterocycles. The number of ether oxygens (including phenoxy) is 2. The highest BCUT2D eigenvalue weighted by molar-refractivity contribution is 6.02. The zero-order chi connectivity index (χ0) is 28.4. The number of fused-ring (bicyclic) bond motifs is 3. The third-order valence-electron chi connectivity index (χ3n) is 7.49. The maximum absolute atomic E-state index is 14.0. The van der Waals surface area contributed by atoms with Gasteiger partial charge in [0.15, 0.2) is 11.5 Å². The van der Waals surface area contributed by atoms with Gasteiger partial charge in [0.1, 0.15) is 11.5 Å². The van der Waals surface area contributed by atoms with Crippen molar-refractivity contribution in [1.29, 1.82) is 0 Å². The topological polar surface area (TPSA) is 112 Å². The van der Waals surface area contributed by atoms with Crippen molar-refractivity contribution in [3.8, 4) is 11.5 Å². The molecular weight excluding hydrogens is 508 g/mol. The van der Waals surface area contributed by atoms with E-state index >= 15 is 0 Å². The molecule has 5 rings (SSSR count). The Kier molecular flexibility index (Phi) is 7.77. The van der Waals surface area contributed by atoms with Gasteiger partial charge in [-0.2, -0.15) is 0 Å². The second-order valence-electron chi connectivity index (χ2n) is 10.2. The maximum atomic E-state index is 14.0. The van der Waals surface area contributed by atoms with Crippen molar-refractivity contribution in [3.63, 3.8) is 0 Å². The number of H-pyrrole nitrogens is 1. The molecule has 2 aliphatic rings. The minimum Gasteiger partial charge on any atom is -0.493 e. The van der Waals surface area contributed by atoms with Crippen LogP contribution in [0.2, 0.25) is 0 Å². The second kappa shape index (κ2) is 11.4. The van der Waals surface area contributed by atoms with Gasteiger partial charge in [-0.3, -0.25) is 9.69 Å². The number of urea groups is 1. The molecule has 0 radical (unpaired) electrons. The summed E-state index contributed by atoms with van der Waals surface area (Å²) >= 11 is 0. The number of nitrogens with one attached hydrogen (secondary N) is 2. The summed E-state index contributed by atoms with van der Waals surface area (Å²) in [5.41, 5.74) is 6.73. The Labute approximate surface area is 234 Å². The van der Waals surface area contributed by atoms with Crippen molar-refractivity contribution >= 4 is 23.5 Å². The van der Waals surface area contributed by atoms with Crippen LogP contribution in [-0.4, -0.2) is 70.9 Å². The van der Waals surface area contributed by atoms with Crippen molar-refractivity contribution in [1.82, 2.24) is 25.1 Å². The van der Waals surface area contributed by atoms with Crippen molar-refractivity contribution in [2.75, 3.05) is 33.4 Å². The van der Waals surface area contributed by atoms with E-state index in [9.17, 15) is 9.59 Å². The Morgan fingerprint density at radius 2 is 1.95 bits per heavy atom. The minimum atomic E-state index is -0.271. The molecule has 1 unspecified atom stereocenters. The SMILES string of the molecule is CCOc1cc2c(cc1OC)C1CC(=Nc3c(C)cc(C)cc3C)N(CCNC(=O)c3cnc[nH]3)C(=O)N1CC2. The van der Waals surface area contributed by atoms with Gasteiger partial charge in [0.2, 0.25) is 0 Å². The molecule has 3 amide bonds. The highest BCUT2D eigenvalue weighted by atomic mass is 16.5. The third-order valence-corrected chi connectivity index (χ3v) is 7.49. The van der Waals surface area contributed by atoms with Crippen LogP contribution in [0.1, 0.15) is 57.7 Å². The molecule has 2 aliphatic heterocycles. The number of rotatable bonds is 8. The number of aryl methyl sites for hydroxylation is 3. The first-order valence-electron chi connectivity index (χ1n) is 13.6. The van der Waals surface area contributed by atoms with Crippen LogP contribution in [0.15, 0.2) is 41.8 Å². The lowest BCUT2D eigenvalue weighted by atomic mass is 9.88. The highest BCUT2D eigenvalue weighted by Crippen LogP contribution is 2.42. The van der Waals surface area contributed by atoms with E-state index in [0.29, 0.717) is 55.6 Å². The van der Waals surface area contributed by atoms with Crippen molar-refractivity contribution in [2.45, 2.75) is 46.6 Å². The van der Waals surface area contributed by atoms with Crippen molar-refractivity contribution in [2.24, 2.45) is 4.99 Å². The Bertz CT molecular complexity index is 1430. The molecule has 3 aromatic rings. The minimum absolute atomic E-state index is 0.119. The smallest absolute Gasteiger partial charge is 0.326 e. The van der Waals surface area contributed by atoms with Gasteiger partial charge in [-0.1, -0.05) is 17.7 Å². The van der Waals surface area contributed by atoms with Crippen LogP contribution in [0.5, 0.6) is 11.5 Å². The van der Waals surface area contributed by atoms with Gasteiger partial charge < -0.3 is 24.7 Å². The zero-order valence-corrected chi connectivity index (χ0v) is 23.7. The Balaban J connectivity index is 1.49. The van der Waals surface area contributed by atoms with E-state index in [4.69, 9.17) is 14.5 Å². The largest absolute Gasteiger partial charge is 0.493 e. The van der Waals surface area contributed by atoms with Gasteiger partial charge in [-0.05, 0) is 68.5 Å². The number of amidine groups is 1. The summed E-state index contributed by atoms with van der Waals surface area (Å²) in [7, 11) is 1.63. The number of aromatic nitrogens is 2. The van der Waals surface area contributed by atoms with Crippen molar-refractivity contribution < 1.29 is 19.1 Å². The number of nitrogens with zero attached hydrogens (tertiary/aromatic N) is 4. The van der Waals surface area contributed by atoms with E-state index in [1.54, 1.807) is 12.0 Å². The first kappa shape index (κ1) is 27.2. The molecule has 3 heterocycles. The fourth-order valence-corrected chi connectivity index (χ4v) is 5.70. The van der Waals surface area contributed by atoms with Gasteiger partial charge in [0.05, 0.1) is 38.0 Å². The lowest BCUT2D eigenvalue weighted by Gasteiger charge is -2.45. The van der Waals surface area contributed by atoms with Crippen LogP contribution in [0, 0.1) is 20.8 Å². The second-order valence-corrected chi connectivity index (χ2v) is 10.2. The van der Waals surface area contributed by atoms with Gasteiger partial charge >= 0.3 is 6.03 Å². The van der Waals surface area contributed by atoms with Gasteiger partial charge in [0.25, 0.3) is 5.91 Å². The third kappa shape index (κ3) is 5.25.